The monoisotopic (exact) mass is 497 g/mol. The van der Waals surface area contributed by atoms with Gasteiger partial charge in [0.15, 0.2) is 11.5 Å². The Hall–Kier alpha value is -3.81. The van der Waals surface area contributed by atoms with Crippen molar-refractivity contribution < 1.29 is 33.7 Å². The van der Waals surface area contributed by atoms with Gasteiger partial charge in [0, 0.05) is 20.5 Å². The van der Waals surface area contributed by atoms with Gasteiger partial charge in [-0.1, -0.05) is 30.3 Å². The Morgan fingerprint density at radius 1 is 0.972 bits per heavy atom. The Morgan fingerprint density at radius 3 is 2.42 bits per heavy atom. The lowest BCUT2D eigenvalue weighted by Gasteiger charge is -2.18. The second kappa shape index (κ2) is 8.69. The number of nitrogens with one attached hydrogen (secondary N) is 1. The molecule has 1 N–H and O–H groups in total. The quantitative estimate of drug-likeness (QED) is 0.425. The zero-order valence-electron chi connectivity index (χ0n) is 19.8. The maximum Gasteiger partial charge on any atom is 0.417 e. The van der Waals surface area contributed by atoms with Crippen molar-refractivity contribution in [1.29, 1.82) is 0 Å². The molecule has 0 unspecified atom stereocenters. The maximum absolute atomic E-state index is 14.0. The summed E-state index contributed by atoms with van der Waals surface area (Å²) in [4.78, 5) is 24.7. The number of alkyl halides is 3. The first-order chi connectivity index (χ1) is 17.1. The number of carbonyl (C=O) groups is 2. The SMILES string of the molecule is CC(=O)Nc1ccc(-c2cc(CC(=O)C3(c4ccc5c(c4)OCO5)CC3)ccc2C)c(C(F)(F)F)c1.[HH]. The number of fused-ring (bicyclic) bond motifs is 1. The van der Waals surface area contributed by atoms with Crippen LogP contribution >= 0.6 is 0 Å². The van der Waals surface area contributed by atoms with Gasteiger partial charge in [0.25, 0.3) is 0 Å². The van der Waals surface area contributed by atoms with E-state index in [1.807, 2.05) is 12.1 Å². The Morgan fingerprint density at radius 2 is 1.72 bits per heavy atom. The summed E-state index contributed by atoms with van der Waals surface area (Å²) in [6.45, 7) is 3.12. The van der Waals surface area contributed by atoms with E-state index >= 15 is 0 Å². The first kappa shape index (κ1) is 23.9. The van der Waals surface area contributed by atoms with Crippen LogP contribution in [-0.4, -0.2) is 18.5 Å². The Kier molecular flexibility index (Phi) is 5.77. The molecule has 8 heteroatoms. The van der Waals surface area contributed by atoms with Crippen molar-refractivity contribution in [1.82, 2.24) is 0 Å². The van der Waals surface area contributed by atoms with Gasteiger partial charge in [0.1, 0.15) is 5.78 Å². The molecule has 1 aliphatic carbocycles. The second-order valence-electron chi connectivity index (χ2n) is 9.34. The van der Waals surface area contributed by atoms with Crippen molar-refractivity contribution in [2.24, 2.45) is 0 Å². The summed E-state index contributed by atoms with van der Waals surface area (Å²) in [7, 11) is 0. The van der Waals surface area contributed by atoms with Crippen molar-refractivity contribution in [2.45, 2.75) is 44.7 Å². The van der Waals surface area contributed by atoms with Gasteiger partial charge >= 0.3 is 6.18 Å². The van der Waals surface area contributed by atoms with Gasteiger partial charge in [-0.25, -0.2) is 0 Å². The second-order valence-corrected chi connectivity index (χ2v) is 9.34. The highest BCUT2D eigenvalue weighted by Crippen LogP contribution is 2.51. The van der Waals surface area contributed by atoms with E-state index in [0.717, 1.165) is 11.6 Å². The molecule has 1 heterocycles. The molecule has 1 saturated carbocycles. The molecular weight excluding hydrogens is 471 g/mol. The van der Waals surface area contributed by atoms with Gasteiger partial charge in [-0.3, -0.25) is 9.59 Å². The third-order valence-electron chi connectivity index (χ3n) is 6.81. The van der Waals surface area contributed by atoms with E-state index in [0.29, 0.717) is 41.0 Å². The molecule has 36 heavy (non-hydrogen) atoms. The highest BCUT2D eigenvalue weighted by Gasteiger charge is 2.50. The highest BCUT2D eigenvalue weighted by molar-refractivity contribution is 5.95. The topological polar surface area (TPSA) is 64.6 Å². The van der Waals surface area contributed by atoms with Crippen LogP contribution < -0.4 is 14.8 Å². The number of carbonyl (C=O) groups excluding carboxylic acids is 2. The molecule has 0 bridgehead atoms. The Bertz CT molecular complexity index is 1380. The zero-order valence-corrected chi connectivity index (χ0v) is 19.8. The van der Waals surface area contributed by atoms with Gasteiger partial charge in [-0.2, -0.15) is 13.2 Å². The van der Waals surface area contributed by atoms with Gasteiger partial charge in [0.2, 0.25) is 12.7 Å². The molecule has 1 fully saturated rings. The van der Waals surface area contributed by atoms with Crippen LogP contribution in [0.1, 0.15) is 43.4 Å². The molecule has 0 atom stereocenters. The fourth-order valence-corrected chi connectivity index (χ4v) is 4.77. The lowest BCUT2D eigenvalue weighted by atomic mass is 9.86. The molecule has 3 aromatic carbocycles. The number of halogens is 3. The molecule has 0 spiro atoms. The summed E-state index contributed by atoms with van der Waals surface area (Å²) < 4.78 is 52.7. The van der Waals surface area contributed by atoms with E-state index in [1.54, 1.807) is 31.2 Å². The highest BCUT2D eigenvalue weighted by atomic mass is 19.4. The summed E-state index contributed by atoms with van der Waals surface area (Å²) >= 11 is 0. The van der Waals surface area contributed by atoms with Crippen molar-refractivity contribution in [2.75, 3.05) is 12.1 Å². The molecule has 188 valence electrons. The summed E-state index contributed by atoms with van der Waals surface area (Å²) in [5.74, 6) is 0.832. The predicted molar refractivity (Wildman–Crippen MR) is 130 cm³/mol. The molecule has 5 nitrogen and oxygen atoms in total. The standard InChI is InChI=1S/C28H24F3NO4.H2/c1-16-3-4-18(11-22(16)21-7-6-20(32-17(2)33)14-23(21)28(29,30)31)12-26(34)27(9-10-27)19-5-8-24-25(13-19)36-15-35-24;/h3-8,11,13-14H,9-10,12,15H2,1-2H3,(H,32,33);1H. The van der Waals surface area contributed by atoms with Crippen molar-refractivity contribution in [3.63, 3.8) is 0 Å². The van der Waals surface area contributed by atoms with Crippen molar-refractivity contribution >= 4 is 17.4 Å². The molecule has 2 aliphatic rings. The normalized spacial score (nSPS) is 15.5. The summed E-state index contributed by atoms with van der Waals surface area (Å²) in [6, 6.07) is 14.5. The number of aryl methyl sites for hydroxylation is 1. The molecule has 1 aliphatic heterocycles. The minimum atomic E-state index is -4.63. The Balaban J connectivity index is 0.00000320. The maximum atomic E-state index is 14.0. The first-order valence-electron chi connectivity index (χ1n) is 11.6. The number of amides is 1. The number of Topliss-reactive ketones (excluding diaryl/α,β-unsaturated/α-hetero) is 1. The van der Waals surface area contributed by atoms with Crippen LogP contribution in [0.25, 0.3) is 11.1 Å². The lowest BCUT2D eigenvalue weighted by molar-refractivity contribution is -0.137. The third kappa shape index (κ3) is 4.43. The number of ketones is 1. The summed E-state index contributed by atoms with van der Waals surface area (Å²) in [5, 5.41) is 2.40. The smallest absolute Gasteiger partial charge is 0.417 e. The van der Waals surface area contributed by atoms with Crippen LogP contribution in [0.15, 0.2) is 54.6 Å². The number of hydrogen-bond acceptors (Lipinski definition) is 4. The van der Waals surface area contributed by atoms with Crippen LogP contribution in [0.3, 0.4) is 0 Å². The van der Waals surface area contributed by atoms with Gasteiger partial charge in [0.05, 0.1) is 11.0 Å². The lowest BCUT2D eigenvalue weighted by Crippen LogP contribution is -2.22. The number of hydrogen-bond donors (Lipinski definition) is 1. The largest absolute Gasteiger partial charge is 0.454 e. The predicted octanol–water partition coefficient (Wildman–Crippen LogP) is 6.46. The first-order valence-corrected chi connectivity index (χ1v) is 11.6. The molecule has 0 saturated heterocycles. The summed E-state index contributed by atoms with van der Waals surface area (Å²) in [5.41, 5.74) is 1.18. The van der Waals surface area contributed by atoms with Crippen molar-refractivity contribution in [3.05, 3.63) is 76.9 Å². The zero-order chi connectivity index (χ0) is 25.7. The number of anilines is 1. The van der Waals surface area contributed by atoms with E-state index in [2.05, 4.69) is 5.32 Å². The average molecular weight is 498 g/mol. The molecule has 5 rings (SSSR count). The fraction of sp³-hybridized carbons (Fsp3) is 0.286. The van der Waals surface area contributed by atoms with Crippen LogP contribution in [0.4, 0.5) is 18.9 Å². The molecule has 0 radical (unpaired) electrons. The van der Waals surface area contributed by atoms with Gasteiger partial charge < -0.3 is 14.8 Å². The fourth-order valence-electron chi connectivity index (χ4n) is 4.77. The third-order valence-corrected chi connectivity index (χ3v) is 6.81. The average Bonchev–Trinajstić information content (AvgIpc) is 3.50. The van der Waals surface area contributed by atoms with Crippen molar-refractivity contribution in [3.8, 4) is 22.6 Å². The van der Waals surface area contributed by atoms with Crippen LogP contribution in [-0.2, 0) is 27.6 Å². The number of benzene rings is 3. The number of ether oxygens (including phenoxy) is 2. The molecule has 1 amide bonds. The molecular formula is C28H26F3NO4. The van der Waals surface area contributed by atoms with E-state index in [9.17, 15) is 22.8 Å². The van der Waals surface area contributed by atoms with E-state index in [4.69, 9.17) is 9.47 Å². The van der Waals surface area contributed by atoms with Crippen LogP contribution in [0, 0.1) is 6.92 Å². The van der Waals surface area contributed by atoms with Crippen LogP contribution in [0.5, 0.6) is 11.5 Å². The van der Waals surface area contributed by atoms with Gasteiger partial charge in [-0.05, 0) is 71.8 Å². The van der Waals surface area contributed by atoms with Gasteiger partial charge in [-0.15, -0.1) is 0 Å². The number of rotatable bonds is 6. The van der Waals surface area contributed by atoms with E-state index in [1.165, 1.54) is 19.1 Å². The van der Waals surface area contributed by atoms with E-state index in [-0.39, 0.29) is 31.7 Å². The van der Waals surface area contributed by atoms with Crippen LogP contribution in [0.2, 0.25) is 0 Å². The Labute approximate surface area is 207 Å². The summed E-state index contributed by atoms with van der Waals surface area (Å²) in [6.07, 6.45) is -3.09. The van der Waals surface area contributed by atoms with E-state index < -0.39 is 23.1 Å². The minimum absolute atomic E-state index is 0. The minimum Gasteiger partial charge on any atom is -0.454 e. The molecule has 0 aromatic heterocycles. The molecule has 3 aromatic rings.